The highest BCUT2D eigenvalue weighted by molar-refractivity contribution is 7.85. The zero-order valence-corrected chi connectivity index (χ0v) is 13.6. The molecule has 0 atom stereocenters. The van der Waals surface area contributed by atoms with Crippen LogP contribution >= 0.6 is 11.6 Å². The number of anilines is 2. The number of carbonyl (C=O) groups excluding carboxylic acids is 2. The quantitative estimate of drug-likeness (QED) is 0.619. The van der Waals surface area contributed by atoms with Gasteiger partial charge in [-0.25, -0.2) is 9.59 Å². The molecule has 0 radical (unpaired) electrons. The minimum absolute atomic E-state index is 0.232. The normalized spacial score (nSPS) is 10.8. The SMILES string of the molecule is O=C(NC(=O)Nc1cccc(Cl)c1)Nc1ccc(S(=O)(=O)O)cc1. The van der Waals surface area contributed by atoms with Gasteiger partial charge in [0.1, 0.15) is 0 Å². The van der Waals surface area contributed by atoms with Crippen LogP contribution in [0.2, 0.25) is 5.02 Å². The van der Waals surface area contributed by atoms with E-state index in [0.717, 1.165) is 12.1 Å². The highest BCUT2D eigenvalue weighted by Crippen LogP contribution is 2.15. The van der Waals surface area contributed by atoms with E-state index in [4.69, 9.17) is 16.2 Å². The van der Waals surface area contributed by atoms with Gasteiger partial charge in [0, 0.05) is 16.4 Å². The summed E-state index contributed by atoms with van der Waals surface area (Å²) in [6.45, 7) is 0. The predicted octanol–water partition coefficient (Wildman–Crippen LogP) is 2.94. The highest BCUT2D eigenvalue weighted by Gasteiger charge is 2.11. The van der Waals surface area contributed by atoms with Crippen molar-refractivity contribution in [1.82, 2.24) is 5.32 Å². The van der Waals surface area contributed by atoms with Gasteiger partial charge in [-0.1, -0.05) is 17.7 Å². The molecule has 0 fully saturated rings. The minimum atomic E-state index is -4.31. The molecule has 0 heterocycles. The molecule has 10 heteroatoms. The molecular weight excluding hydrogens is 358 g/mol. The number of urea groups is 2. The van der Waals surface area contributed by atoms with Gasteiger partial charge in [-0.05, 0) is 42.5 Å². The van der Waals surface area contributed by atoms with E-state index in [1.54, 1.807) is 18.2 Å². The number of hydrogen-bond donors (Lipinski definition) is 4. The van der Waals surface area contributed by atoms with Gasteiger partial charge in [-0.2, -0.15) is 8.42 Å². The maximum absolute atomic E-state index is 11.7. The van der Waals surface area contributed by atoms with Gasteiger partial charge in [0.15, 0.2) is 0 Å². The van der Waals surface area contributed by atoms with Crippen LogP contribution in [0.4, 0.5) is 21.0 Å². The summed E-state index contributed by atoms with van der Waals surface area (Å²) < 4.78 is 30.7. The summed E-state index contributed by atoms with van der Waals surface area (Å²) in [4.78, 5) is 23.0. The molecule has 4 amide bonds. The van der Waals surface area contributed by atoms with Gasteiger partial charge in [0.25, 0.3) is 10.1 Å². The average Bonchev–Trinajstić information content (AvgIpc) is 2.46. The van der Waals surface area contributed by atoms with E-state index in [-0.39, 0.29) is 10.6 Å². The van der Waals surface area contributed by atoms with Crippen molar-refractivity contribution in [1.29, 1.82) is 0 Å². The summed E-state index contributed by atoms with van der Waals surface area (Å²) in [7, 11) is -4.31. The number of benzene rings is 2. The fourth-order valence-electron chi connectivity index (χ4n) is 1.70. The molecule has 0 aliphatic heterocycles. The Bertz CT molecular complexity index is 868. The number of rotatable bonds is 3. The second kappa shape index (κ2) is 7.30. The largest absolute Gasteiger partial charge is 0.327 e. The van der Waals surface area contributed by atoms with Crippen LogP contribution in [0.25, 0.3) is 0 Å². The summed E-state index contributed by atoms with van der Waals surface area (Å²) in [5.74, 6) is 0. The van der Waals surface area contributed by atoms with E-state index < -0.39 is 22.2 Å². The number of carbonyl (C=O) groups is 2. The summed E-state index contributed by atoms with van der Waals surface area (Å²) in [5, 5.41) is 7.21. The Kier molecular flexibility index (Phi) is 5.39. The molecule has 4 N–H and O–H groups in total. The number of amides is 4. The standard InChI is InChI=1S/C14H12ClN3O5S/c15-9-2-1-3-11(8-9)17-14(20)18-13(19)16-10-4-6-12(7-5-10)24(21,22)23/h1-8H,(H,21,22,23)(H3,16,17,18,19,20). The Labute approximate surface area is 142 Å². The van der Waals surface area contributed by atoms with Crippen LogP contribution in [0, 0.1) is 0 Å². The van der Waals surface area contributed by atoms with Crippen molar-refractivity contribution in [2.75, 3.05) is 10.6 Å². The Balaban J connectivity index is 1.92. The van der Waals surface area contributed by atoms with Crippen molar-refractivity contribution in [3.63, 3.8) is 0 Å². The van der Waals surface area contributed by atoms with Crippen LogP contribution in [-0.2, 0) is 10.1 Å². The minimum Gasteiger partial charge on any atom is -0.308 e. The zero-order valence-electron chi connectivity index (χ0n) is 12.0. The van der Waals surface area contributed by atoms with Gasteiger partial charge in [0.2, 0.25) is 0 Å². The number of hydrogen-bond acceptors (Lipinski definition) is 4. The monoisotopic (exact) mass is 369 g/mol. The Morgan fingerprint density at radius 3 is 2.04 bits per heavy atom. The van der Waals surface area contributed by atoms with Crippen LogP contribution in [0.5, 0.6) is 0 Å². The topological polar surface area (TPSA) is 125 Å². The fraction of sp³-hybridized carbons (Fsp3) is 0. The average molecular weight is 370 g/mol. The van der Waals surface area contributed by atoms with Crippen LogP contribution in [0.15, 0.2) is 53.4 Å². The first-order chi connectivity index (χ1) is 11.2. The van der Waals surface area contributed by atoms with E-state index in [9.17, 15) is 18.0 Å². The first kappa shape index (κ1) is 17.7. The molecular formula is C14H12ClN3O5S. The molecule has 0 saturated carbocycles. The number of imide groups is 1. The molecule has 24 heavy (non-hydrogen) atoms. The molecule has 0 saturated heterocycles. The molecule has 0 unspecified atom stereocenters. The van der Waals surface area contributed by atoms with Crippen molar-refractivity contribution in [2.24, 2.45) is 0 Å². The van der Waals surface area contributed by atoms with Gasteiger partial charge in [-0.15, -0.1) is 0 Å². The van der Waals surface area contributed by atoms with Crippen molar-refractivity contribution in [3.05, 3.63) is 53.6 Å². The van der Waals surface area contributed by atoms with Crippen molar-refractivity contribution >= 4 is 45.2 Å². The Morgan fingerprint density at radius 1 is 0.917 bits per heavy atom. The smallest absolute Gasteiger partial charge is 0.308 e. The lowest BCUT2D eigenvalue weighted by Gasteiger charge is -2.08. The first-order valence-corrected chi connectivity index (χ1v) is 8.28. The number of halogens is 1. The molecule has 0 spiro atoms. The van der Waals surface area contributed by atoms with Crippen molar-refractivity contribution < 1.29 is 22.6 Å². The second-order valence-electron chi connectivity index (χ2n) is 4.54. The van der Waals surface area contributed by atoms with E-state index >= 15 is 0 Å². The van der Waals surface area contributed by atoms with E-state index in [1.807, 2.05) is 5.32 Å². The Hall–Kier alpha value is -2.62. The lowest BCUT2D eigenvalue weighted by molar-refractivity contribution is 0.240. The van der Waals surface area contributed by atoms with E-state index in [0.29, 0.717) is 10.7 Å². The third kappa shape index (κ3) is 5.23. The van der Waals surface area contributed by atoms with Crippen molar-refractivity contribution in [3.8, 4) is 0 Å². The molecule has 8 nitrogen and oxygen atoms in total. The van der Waals surface area contributed by atoms with Crippen molar-refractivity contribution in [2.45, 2.75) is 4.90 Å². The van der Waals surface area contributed by atoms with E-state index in [2.05, 4.69) is 10.6 Å². The van der Waals surface area contributed by atoms with E-state index in [1.165, 1.54) is 18.2 Å². The first-order valence-electron chi connectivity index (χ1n) is 6.46. The summed E-state index contributed by atoms with van der Waals surface area (Å²) >= 11 is 5.77. The zero-order chi connectivity index (χ0) is 17.7. The van der Waals surface area contributed by atoms with Crippen LogP contribution in [0.1, 0.15) is 0 Å². The van der Waals surface area contributed by atoms with Gasteiger partial charge in [0.05, 0.1) is 4.90 Å². The second-order valence-corrected chi connectivity index (χ2v) is 6.40. The third-order valence-electron chi connectivity index (χ3n) is 2.72. The van der Waals surface area contributed by atoms with Gasteiger partial charge < -0.3 is 10.6 Å². The summed E-state index contributed by atoms with van der Waals surface area (Å²) in [5.41, 5.74) is 0.640. The molecule has 126 valence electrons. The maximum atomic E-state index is 11.7. The highest BCUT2D eigenvalue weighted by atomic mass is 35.5. The lowest BCUT2D eigenvalue weighted by atomic mass is 10.3. The van der Waals surface area contributed by atoms with Crippen LogP contribution < -0.4 is 16.0 Å². The molecule has 2 aromatic carbocycles. The van der Waals surface area contributed by atoms with Crippen LogP contribution in [0.3, 0.4) is 0 Å². The molecule has 0 aliphatic carbocycles. The van der Waals surface area contributed by atoms with Crippen LogP contribution in [-0.4, -0.2) is 25.0 Å². The fourth-order valence-corrected chi connectivity index (χ4v) is 2.37. The lowest BCUT2D eigenvalue weighted by Crippen LogP contribution is -2.37. The molecule has 2 aromatic rings. The van der Waals surface area contributed by atoms with Gasteiger partial charge >= 0.3 is 12.1 Å². The Morgan fingerprint density at radius 2 is 1.50 bits per heavy atom. The molecule has 2 rings (SSSR count). The molecule has 0 aromatic heterocycles. The maximum Gasteiger partial charge on any atom is 0.327 e. The molecule has 0 aliphatic rings. The number of nitrogens with one attached hydrogen (secondary N) is 3. The predicted molar refractivity (Wildman–Crippen MR) is 88.9 cm³/mol. The molecule has 0 bridgehead atoms. The third-order valence-corrected chi connectivity index (χ3v) is 3.82. The summed E-state index contributed by atoms with van der Waals surface area (Å²) in [6, 6.07) is 9.51. The van der Waals surface area contributed by atoms with Gasteiger partial charge in [-0.3, -0.25) is 9.87 Å². The summed E-state index contributed by atoms with van der Waals surface area (Å²) in [6.07, 6.45) is 0.